The fourth-order valence-corrected chi connectivity index (χ4v) is 2.42. The number of rotatable bonds is 8. The molecule has 5 nitrogen and oxygen atoms in total. The van der Waals surface area contributed by atoms with Crippen molar-refractivity contribution in [3.8, 4) is 0 Å². The van der Waals surface area contributed by atoms with E-state index in [1.165, 1.54) is 0 Å². The van der Waals surface area contributed by atoms with Crippen LogP contribution in [0.3, 0.4) is 0 Å². The molecule has 5 heteroatoms. The summed E-state index contributed by atoms with van der Waals surface area (Å²) < 4.78 is 5.28. The van der Waals surface area contributed by atoms with Gasteiger partial charge in [-0.05, 0) is 31.8 Å². The Morgan fingerprint density at radius 3 is 2.50 bits per heavy atom. The van der Waals surface area contributed by atoms with Gasteiger partial charge in [-0.25, -0.2) is 0 Å². The lowest BCUT2D eigenvalue weighted by Gasteiger charge is -2.29. The van der Waals surface area contributed by atoms with Crippen LogP contribution in [0.5, 0.6) is 0 Å². The normalized spacial score (nSPS) is 19.1. The summed E-state index contributed by atoms with van der Waals surface area (Å²) in [7, 11) is 0. The molecule has 0 saturated carbocycles. The summed E-state index contributed by atoms with van der Waals surface area (Å²) in [5.74, 6) is -0.533. The molecule has 1 atom stereocenters. The molecule has 0 aromatic carbocycles. The van der Waals surface area contributed by atoms with Crippen molar-refractivity contribution in [2.75, 3.05) is 39.4 Å². The number of likely N-dealkylation sites (N-methyl/N-ethyl adjacent to an activating group) is 1. The van der Waals surface area contributed by atoms with E-state index in [-0.39, 0.29) is 5.92 Å². The van der Waals surface area contributed by atoms with Gasteiger partial charge >= 0.3 is 5.97 Å². The number of hydrogen-bond donors (Lipinski definition) is 2. The molecule has 1 heterocycles. The number of nitrogens with zero attached hydrogens (tertiary/aromatic N) is 1. The molecule has 1 aliphatic rings. The first-order valence-corrected chi connectivity index (χ1v) is 6.95. The molecule has 0 spiro atoms. The highest BCUT2D eigenvalue weighted by atomic mass is 16.5. The fraction of sp³-hybridized carbons (Fsp3) is 0.923. The smallest absolute Gasteiger partial charge is 0.320 e. The van der Waals surface area contributed by atoms with E-state index < -0.39 is 12.0 Å². The van der Waals surface area contributed by atoms with Gasteiger partial charge in [0.25, 0.3) is 0 Å². The van der Waals surface area contributed by atoms with Crippen molar-refractivity contribution in [2.45, 2.75) is 32.7 Å². The van der Waals surface area contributed by atoms with Gasteiger partial charge in [0.05, 0.1) is 0 Å². The Labute approximate surface area is 109 Å². The highest BCUT2D eigenvalue weighted by Crippen LogP contribution is 2.18. The van der Waals surface area contributed by atoms with Crippen molar-refractivity contribution in [3.63, 3.8) is 0 Å². The molecular weight excluding hydrogens is 232 g/mol. The molecule has 0 aliphatic carbocycles. The third-order valence-electron chi connectivity index (χ3n) is 3.69. The first kappa shape index (κ1) is 15.4. The number of hydrogen-bond acceptors (Lipinski definition) is 4. The minimum absolute atomic E-state index is 0.202. The summed E-state index contributed by atoms with van der Waals surface area (Å²) in [6, 6.07) is -0.426. The van der Waals surface area contributed by atoms with Gasteiger partial charge in [-0.15, -0.1) is 0 Å². The molecule has 0 radical (unpaired) electrons. The first-order valence-electron chi connectivity index (χ1n) is 6.95. The number of carboxylic acid groups (broad SMARTS) is 1. The lowest BCUT2D eigenvalue weighted by atomic mass is 9.92. The van der Waals surface area contributed by atoms with Crippen molar-refractivity contribution < 1.29 is 14.6 Å². The predicted octanol–water partition coefficient (Wildman–Crippen LogP) is 0.798. The third-order valence-corrected chi connectivity index (χ3v) is 3.69. The predicted molar refractivity (Wildman–Crippen MR) is 70.8 cm³/mol. The van der Waals surface area contributed by atoms with Crippen LogP contribution in [-0.2, 0) is 9.53 Å². The monoisotopic (exact) mass is 258 g/mol. The van der Waals surface area contributed by atoms with Gasteiger partial charge in [0, 0.05) is 26.3 Å². The Kier molecular flexibility index (Phi) is 7.23. The number of aliphatic carboxylic acids is 1. The molecule has 106 valence electrons. The Balaban J connectivity index is 2.35. The lowest BCUT2D eigenvalue weighted by molar-refractivity contribution is -0.142. The second-order valence-corrected chi connectivity index (χ2v) is 4.75. The van der Waals surface area contributed by atoms with E-state index in [1.54, 1.807) is 0 Å². The summed E-state index contributed by atoms with van der Waals surface area (Å²) in [5.41, 5.74) is 0. The fourth-order valence-electron chi connectivity index (χ4n) is 2.42. The average Bonchev–Trinajstić information content (AvgIpc) is 2.39. The van der Waals surface area contributed by atoms with Crippen molar-refractivity contribution >= 4 is 5.97 Å². The molecule has 1 rings (SSSR count). The van der Waals surface area contributed by atoms with Gasteiger partial charge in [-0.3, -0.25) is 4.79 Å². The Morgan fingerprint density at radius 1 is 1.39 bits per heavy atom. The topological polar surface area (TPSA) is 61.8 Å². The molecule has 18 heavy (non-hydrogen) atoms. The SMILES string of the molecule is CCN(CC)CCNC(C(=O)O)C1CCOCC1. The van der Waals surface area contributed by atoms with Gasteiger partial charge < -0.3 is 20.1 Å². The van der Waals surface area contributed by atoms with E-state index in [1.807, 2.05) is 0 Å². The summed E-state index contributed by atoms with van der Waals surface area (Å²) in [4.78, 5) is 13.6. The molecule has 1 unspecified atom stereocenters. The quantitative estimate of drug-likeness (QED) is 0.674. The molecule has 0 aromatic heterocycles. The van der Waals surface area contributed by atoms with Gasteiger partial charge in [-0.2, -0.15) is 0 Å². The van der Waals surface area contributed by atoms with Crippen molar-refractivity contribution in [2.24, 2.45) is 5.92 Å². The van der Waals surface area contributed by atoms with Crippen LogP contribution in [0.15, 0.2) is 0 Å². The van der Waals surface area contributed by atoms with Crippen LogP contribution in [0.1, 0.15) is 26.7 Å². The summed E-state index contributed by atoms with van der Waals surface area (Å²) in [6.45, 7) is 9.27. The maximum absolute atomic E-state index is 11.3. The zero-order valence-electron chi connectivity index (χ0n) is 11.5. The maximum Gasteiger partial charge on any atom is 0.320 e. The molecule has 0 aromatic rings. The Bertz CT molecular complexity index is 238. The van der Waals surface area contributed by atoms with E-state index in [0.717, 1.165) is 39.0 Å². The summed E-state index contributed by atoms with van der Waals surface area (Å²) in [6.07, 6.45) is 1.68. The highest BCUT2D eigenvalue weighted by Gasteiger charge is 2.29. The van der Waals surface area contributed by atoms with Crippen LogP contribution in [-0.4, -0.2) is 61.4 Å². The van der Waals surface area contributed by atoms with Gasteiger partial charge in [-0.1, -0.05) is 13.8 Å². The van der Waals surface area contributed by atoms with Crippen LogP contribution in [0, 0.1) is 5.92 Å². The Hall–Kier alpha value is -0.650. The van der Waals surface area contributed by atoms with E-state index in [4.69, 9.17) is 4.74 Å². The summed E-state index contributed by atoms with van der Waals surface area (Å²) >= 11 is 0. The number of carbonyl (C=O) groups is 1. The van der Waals surface area contributed by atoms with Gasteiger partial charge in [0.1, 0.15) is 6.04 Å². The average molecular weight is 258 g/mol. The molecule has 2 N–H and O–H groups in total. The largest absolute Gasteiger partial charge is 0.480 e. The zero-order chi connectivity index (χ0) is 13.4. The van der Waals surface area contributed by atoms with E-state index >= 15 is 0 Å². The van der Waals surface area contributed by atoms with E-state index in [2.05, 4.69) is 24.1 Å². The third kappa shape index (κ3) is 4.92. The molecule has 0 bridgehead atoms. The van der Waals surface area contributed by atoms with Crippen LogP contribution in [0.25, 0.3) is 0 Å². The number of nitrogens with one attached hydrogen (secondary N) is 1. The second-order valence-electron chi connectivity index (χ2n) is 4.75. The first-order chi connectivity index (χ1) is 8.69. The van der Waals surface area contributed by atoms with Crippen LogP contribution >= 0.6 is 0 Å². The minimum atomic E-state index is -0.735. The van der Waals surface area contributed by atoms with Gasteiger partial charge in [0.15, 0.2) is 0 Å². The zero-order valence-corrected chi connectivity index (χ0v) is 11.5. The van der Waals surface area contributed by atoms with Crippen molar-refractivity contribution in [1.29, 1.82) is 0 Å². The summed E-state index contributed by atoms with van der Waals surface area (Å²) in [5, 5.41) is 12.5. The Morgan fingerprint density at radius 2 is 2.00 bits per heavy atom. The standard InChI is InChI=1S/C13H26N2O3/c1-3-15(4-2)8-7-14-12(13(16)17)11-5-9-18-10-6-11/h11-12,14H,3-10H2,1-2H3,(H,16,17). The minimum Gasteiger partial charge on any atom is -0.480 e. The van der Waals surface area contributed by atoms with Crippen LogP contribution < -0.4 is 5.32 Å². The van der Waals surface area contributed by atoms with Crippen molar-refractivity contribution in [3.05, 3.63) is 0 Å². The number of carboxylic acids is 1. The molecular formula is C13H26N2O3. The lowest BCUT2D eigenvalue weighted by Crippen LogP contribution is -2.47. The molecule has 0 amide bonds. The van der Waals surface area contributed by atoms with E-state index in [0.29, 0.717) is 13.2 Å². The van der Waals surface area contributed by atoms with Gasteiger partial charge in [0.2, 0.25) is 0 Å². The second kappa shape index (κ2) is 8.45. The molecule has 1 saturated heterocycles. The van der Waals surface area contributed by atoms with E-state index in [9.17, 15) is 9.90 Å². The highest BCUT2D eigenvalue weighted by molar-refractivity contribution is 5.73. The number of ether oxygens (including phenoxy) is 1. The van der Waals surface area contributed by atoms with Crippen LogP contribution in [0.2, 0.25) is 0 Å². The van der Waals surface area contributed by atoms with Crippen molar-refractivity contribution in [1.82, 2.24) is 10.2 Å². The van der Waals surface area contributed by atoms with Crippen LogP contribution in [0.4, 0.5) is 0 Å². The molecule has 1 aliphatic heterocycles. The maximum atomic E-state index is 11.3. The molecule has 1 fully saturated rings.